The van der Waals surface area contributed by atoms with E-state index in [1.165, 1.54) is 11.6 Å². The lowest BCUT2D eigenvalue weighted by atomic mass is 9.86. The Morgan fingerprint density at radius 2 is 1.95 bits per heavy atom. The van der Waals surface area contributed by atoms with Crippen molar-refractivity contribution in [2.45, 2.75) is 26.2 Å². The second kappa shape index (κ2) is 4.57. The number of carboxylic acids is 1. The lowest BCUT2D eigenvalue weighted by Crippen LogP contribution is -2.10. The summed E-state index contributed by atoms with van der Waals surface area (Å²) in [6.45, 7) is 6.55. The highest BCUT2D eigenvalue weighted by Gasteiger charge is 2.14. The van der Waals surface area contributed by atoms with Crippen LogP contribution in [0.3, 0.4) is 0 Å². The molecule has 1 heterocycles. The van der Waals surface area contributed by atoms with Gasteiger partial charge in [0.2, 0.25) is 0 Å². The first kappa shape index (κ1) is 13.4. The Hall–Kier alpha value is -2.03. The molecular weight excluding hydrogens is 238 g/mol. The van der Waals surface area contributed by atoms with Crippen LogP contribution in [0.15, 0.2) is 30.3 Å². The third kappa shape index (κ3) is 2.70. The van der Waals surface area contributed by atoms with E-state index in [9.17, 15) is 4.79 Å². The average molecular weight is 257 g/mol. The molecule has 1 aromatic carbocycles. The molecule has 0 saturated heterocycles. The van der Waals surface area contributed by atoms with Crippen LogP contribution in [0.25, 0.3) is 17.0 Å². The Kier molecular flexibility index (Phi) is 3.23. The molecule has 0 radical (unpaired) electrons. The molecule has 0 spiro atoms. The molecule has 2 aromatic rings. The predicted octanol–water partition coefficient (Wildman–Crippen LogP) is 3.57. The maximum Gasteiger partial charge on any atom is 0.328 e. The summed E-state index contributed by atoms with van der Waals surface area (Å²) in [7, 11) is 1.95. The Bertz CT molecular complexity index is 657. The van der Waals surface area contributed by atoms with Crippen molar-refractivity contribution in [3.63, 3.8) is 0 Å². The van der Waals surface area contributed by atoms with Crippen molar-refractivity contribution in [2.75, 3.05) is 0 Å². The van der Waals surface area contributed by atoms with Crippen molar-refractivity contribution in [3.8, 4) is 0 Å². The van der Waals surface area contributed by atoms with Gasteiger partial charge in [0.05, 0.1) is 0 Å². The molecule has 0 aliphatic carbocycles. The van der Waals surface area contributed by atoms with Gasteiger partial charge in [-0.15, -0.1) is 0 Å². The second-order valence-electron chi connectivity index (χ2n) is 5.82. The van der Waals surface area contributed by atoms with Crippen LogP contribution in [0.5, 0.6) is 0 Å². The third-order valence-corrected chi connectivity index (χ3v) is 3.34. The zero-order valence-electron chi connectivity index (χ0n) is 11.8. The van der Waals surface area contributed by atoms with E-state index in [0.717, 1.165) is 16.6 Å². The topological polar surface area (TPSA) is 42.2 Å². The van der Waals surface area contributed by atoms with Gasteiger partial charge in [0.25, 0.3) is 0 Å². The van der Waals surface area contributed by atoms with Crippen LogP contribution in [0.1, 0.15) is 32.0 Å². The highest BCUT2D eigenvalue weighted by Crippen LogP contribution is 2.27. The number of hydrogen-bond donors (Lipinski definition) is 1. The van der Waals surface area contributed by atoms with Crippen molar-refractivity contribution < 1.29 is 9.90 Å². The SMILES string of the molecule is Cn1c(/C=C/C(=O)O)cc2cc(C(C)(C)C)ccc21. The molecule has 3 nitrogen and oxygen atoms in total. The highest BCUT2D eigenvalue weighted by atomic mass is 16.4. The summed E-state index contributed by atoms with van der Waals surface area (Å²) in [4.78, 5) is 10.6. The summed E-state index contributed by atoms with van der Waals surface area (Å²) in [6.07, 6.45) is 2.79. The molecule has 0 saturated carbocycles. The smallest absolute Gasteiger partial charge is 0.328 e. The first-order chi connectivity index (χ1) is 8.79. The minimum absolute atomic E-state index is 0.112. The van der Waals surface area contributed by atoms with Gasteiger partial charge in [0.15, 0.2) is 0 Å². The second-order valence-corrected chi connectivity index (χ2v) is 5.82. The third-order valence-electron chi connectivity index (χ3n) is 3.34. The fourth-order valence-corrected chi connectivity index (χ4v) is 2.15. The van der Waals surface area contributed by atoms with Gasteiger partial charge < -0.3 is 9.67 Å². The number of carbonyl (C=O) groups is 1. The Morgan fingerprint density at radius 1 is 1.26 bits per heavy atom. The molecule has 0 aliphatic rings. The molecule has 19 heavy (non-hydrogen) atoms. The molecule has 0 fully saturated rings. The van der Waals surface area contributed by atoms with Crippen molar-refractivity contribution >= 4 is 22.9 Å². The van der Waals surface area contributed by atoms with Gasteiger partial charge in [-0.2, -0.15) is 0 Å². The minimum atomic E-state index is -0.930. The molecule has 1 N–H and O–H groups in total. The fraction of sp³-hybridized carbons (Fsp3) is 0.312. The van der Waals surface area contributed by atoms with Gasteiger partial charge in [0, 0.05) is 29.7 Å². The first-order valence-electron chi connectivity index (χ1n) is 6.30. The summed E-state index contributed by atoms with van der Waals surface area (Å²) in [5.74, 6) is -0.930. The summed E-state index contributed by atoms with van der Waals surface area (Å²) in [5.41, 5.74) is 3.39. The zero-order valence-corrected chi connectivity index (χ0v) is 11.8. The van der Waals surface area contributed by atoms with E-state index in [1.54, 1.807) is 6.08 Å². The van der Waals surface area contributed by atoms with Crippen LogP contribution in [-0.4, -0.2) is 15.6 Å². The van der Waals surface area contributed by atoms with E-state index in [1.807, 2.05) is 17.7 Å². The predicted molar refractivity (Wildman–Crippen MR) is 78.3 cm³/mol. The average Bonchev–Trinajstić information content (AvgIpc) is 2.62. The fourth-order valence-electron chi connectivity index (χ4n) is 2.15. The van der Waals surface area contributed by atoms with Crippen LogP contribution in [0.2, 0.25) is 0 Å². The lowest BCUT2D eigenvalue weighted by molar-refractivity contribution is -0.131. The van der Waals surface area contributed by atoms with Crippen LogP contribution in [-0.2, 0) is 17.3 Å². The van der Waals surface area contributed by atoms with Gasteiger partial charge in [-0.25, -0.2) is 4.79 Å². The van der Waals surface area contributed by atoms with E-state index in [0.29, 0.717) is 0 Å². The lowest BCUT2D eigenvalue weighted by Gasteiger charge is -2.18. The van der Waals surface area contributed by atoms with Gasteiger partial charge in [-0.05, 0) is 35.3 Å². The molecule has 0 unspecified atom stereocenters. The van der Waals surface area contributed by atoms with Crippen molar-refractivity contribution in [1.29, 1.82) is 0 Å². The molecule has 1 aromatic heterocycles. The normalized spacial score (nSPS) is 12.4. The van der Waals surface area contributed by atoms with Gasteiger partial charge in [-0.3, -0.25) is 0 Å². The molecule has 100 valence electrons. The van der Waals surface area contributed by atoms with Crippen molar-refractivity contribution in [1.82, 2.24) is 4.57 Å². The summed E-state index contributed by atoms with van der Waals surface area (Å²) < 4.78 is 2.00. The van der Waals surface area contributed by atoms with E-state index >= 15 is 0 Å². The number of carboxylic acid groups (broad SMARTS) is 1. The molecule has 3 heteroatoms. The van der Waals surface area contributed by atoms with Crippen molar-refractivity contribution in [3.05, 3.63) is 41.6 Å². The van der Waals surface area contributed by atoms with Gasteiger partial charge in [0.1, 0.15) is 0 Å². The van der Waals surface area contributed by atoms with Crippen LogP contribution in [0.4, 0.5) is 0 Å². The van der Waals surface area contributed by atoms with Crippen molar-refractivity contribution in [2.24, 2.45) is 7.05 Å². The summed E-state index contributed by atoms with van der Waals surface area (Å²) in [5, 5.41) is 9.83. The van der Waals surface area contributed by atoms with Crippen LogP contribution >= 0.6 is 0 Å². The minimum Gasteiger partial charge on any atom is -0.478 e. The van der Waals surface area contributed by atoms with Gasteiger partial charge >= 0.3 is 5.97 Å². The molecule has 0 bridgehead atoms. The number of aromatic nitrogens is 1. The number of aryl methyl sites for hydroxylation is 1. The van der Waals surface area contributed by atoms with E-state index in [4.69, 9.17) is 5.11 Å². The molecule has 2 rings (SSSR count). The van der Waals surface area contributed by atoms with E-state index < -0.39 is 5.97 Å². The summed E-state index contributed by atoms with van der Waals surface area (Å²) >= 11 is 0. The Labute approximate surface area is 113 Å². The maximum absolute atomic E-state index is 10.6. The number of aliphatic carboxylic acids is 1. The number of nitrogens with zero attached hydrogens (tertiary/aromatic N) is 1. The Morgan fingerprint density at radius 3 is 2.53 bits per heavy atom. The highest BCUT2D eigenvalue weighted by molar-refractivity contribution is 5.88. The van der Waals surface area contributed by atoms with Crippen LogP contribution < -0.4 is 0 Å². The largest absolute Gasteiger partial charge is 0.478 e. The molecule has 0 atom stereocenters. The Balaban J connectivity index is 2.54. The molecule has 0 amide bonds. The standard InChI is InChI=1S/C16H19NO2/c1-16(2,3)12-5-7-14-11(9-12)10-13(17(14)4)6-8-15(18)19/h5-10H,1-4H3,(H,18,19)/b8-6+. The number of hydrogen-bond acceptors (Lipinski definition) is 1. The molecule has 0 aliphatic heterocycles. The summed E-state index contributed by atoms with van der Waals surface area (Å²) in [6, 6.07) is 8.42. The first-order valence-corrected chi connectivity index (χ1v) is 6.30. The number of fused-ring (bicyclic) bond motifs is 1. The maximum atomic E-state index is 10.6. The molecular formula is C16H19NO2. The number of benzene rings is 1. The zero-order chi connectivity index (χ0) is 14.2. The van der Waals surface area contributed by atoms with Crippen LogP contribution in [0, 0.1) is 0 Å². The number of rotatable bonds is 2. The quantitative estimate of drug-likeness (QED) is 0.836. The van der Waals surface area contributed by atoms with E-state index in [2.05, 4.69) is 39.0 Å². The monoisotopic (exact) mass is 257 g/mol. The van der Waals surface area contributed by atoms with E-state index in [-0.39, 0.29) is 5.41 Å². The van der Waals surface area contributed by atoms with Gasteiger partial charge in [-0.1, -0.05) is 26.8 Å².